The number of nitrogens with zero attached hydrogens (tertiary/aromatic N) is 1. The van der Waals surface area contributed by atoms with Crippen LogP contribution in [0.3, 0.4) is 0 Å². The Morgan fingerprint density at radius 1 is 1.00 bits per heavy atom. The molecule has 2 N–H and O–H groups in total. The fraction of sp³-hybridized carbons (Fsp3) is 0.409. The molecule has 0 unspecified atom stereocenters. The van der Waals surface area contributed by atoms with E-state index in [0.717, 1.165) is 51.4 Å². The van der Waals surface area contributed by atoms with Gasteiger partial charge in [0.2, 0.25) is 0 Å². The molecule has 0 radical (unpaired) electrons. The maximum atomic E-state index is 9.87. The lowest BCUT2D eigenvalue weighted by atomic mass is 9.89. The third-order valence-electron chi connectivity index (χ3n) is 5.00. The standard InChI is InChI=1S/C22H27NO2/c24-14-4-2-1-3-9-22-20(18-8-6-13-23-16-18)10-5-7-17-15-19(25)11-12-21(17)22/h6,8,11-13,15-16,24-25H,1-5,7,9-10,14H2. The molecule has 0 aliphatic heterocycles. The van der Waals surface area contributed by atoms with Crippen LogP contribution in [-0.2, 0) is 6.42 Å². The summed E-state index contributed by atoms with van der Waals surface area (Å²) < 4.78 is 0. The molecule has 132 valence electrons. The highest BCUT2D eigenvalue weighted by atomic mass is 16.3. The third-order valence-corrected chi connectivity index (χ3v) is 5.00. The molecule has 1 aromatic carbocycles. The Balaban J connectivity index is 1.94. The summed E-state index contributed by atoms with van der Waals surface area (Å²) in [5, 5.41) is 18.8. The maximum absolute atomic E-state index is 9.87. The Morgan fingerprint density at radius 3 is 2.68 bits per heavy atom. The average Bonchev–Trinajstić information content (AvgIpc) is 2.81. The fourth-order valence-electron chi connectivity index (χ4n) is 3.76. The minimum Gasteiger partial charge on any atom is -0.508 e. The number of aryl methyl sites for hydroxylation is 1. The number of fused-ring (bicyclic) bond motifs is 1. The number of rotatable bonds is 7. The second kappa shape index (κ2) is 8.82. The monoisotopic (exact) mass is 337 g/mol. The zero-order valence-electron chi connectivity index (χ0n) is 14.7. The van der Waals surface area contributed by atoms with Crippen molar-refractivity contribution in [2.24, 2.45) is 0 Å². The van der Waals surface area contributed by atoms with E-state index in [4.69, 9.17) is 5.11 Å². The molecule has 1 aromatic heterocycles. The normalized spacial score (nSPS) is 14.3. The summed E-state index contributed by atoms with van der Waals surface area (Å²) in [5.74, 6) is 0.353. The lowest BCUT2D eigenvalue weighted by molar-refractivity contribution is 0.282. The van der Waals surface area contributed by atoms with E-state index >= 15 is 0 Å². The van der Waals surface area contributed by atoms with Gasteiger partial charge in [-0.15, -0.1) is 0 Å². The van der Waals surface area contributed by atoms with Crippen LogP contribution in [0.5, 0.6) is 5.75 Å². The first-order valence-corrected chi connectivity index (χ1v) is 9.35. The summed E-state index contributed by atoms with van der Waals surface area (Å²) in [6, 6.07) is 9.96. The van der Waals surface area contributed by atoms with Crippen LogP contribution in [0, 0.1) is 0 Å². The third kappa shape index (κ3) is 4.49. The van der Waals surface area contributed by atoms with Crippen LogP contribution in [0.2, 0.25) is 0 Å². The number of allylic oxidation sites excluding steroid dienone is 2. The lowest BCUT2D eigenvalue weighted by Gasteiger charge is -2.16. The number of phenolic OH excluding ortho intramolecular Hbond substituents is 1. The number of pyridine rings is 1. The van der Waals surface area contributed by atoms with Crippen LogP contribution in [0.15, 0.2) is 42.7 Å². The highest BCUT2D eigenvalue weighted by molar-refractivity contribution is 5.92. The van der Waals surface area contributed by atoms with Crippen molar-refractivity contribution in [1.29, 1.82) is 0 Å². The number of hydrogen-bond donors (Lipinski definition) is 2. The molecule has 1 aliphatic carbocycles. The molecule has 1 heterocycles. The Kier molecular flexibility index (Phi) is 6.24. The first-order chi connectivity index (χ1) is 12.3. The van der Waals surface area contributed by atoms with E-state index in [2.05, 4.69) is 17.1 Å². The van der Waals surface area contributed by atoms with E-state index in [-0.39, 0.29) is 6.61 Å². The molecule has 2 aromatic rings. The summed E-state index contributed by atoms with van der Waals surface area (Å²) in [6.45, 7) is 0.283. The van der Waals surface area contributed by atoms with Crippen molar-refractivity contribution >= 4 is 11.1 Å². The first kappa shape index (κ1) is 17.7. The first-order valence-electron chi connectivity index (χ1n) is 9.35. The van der Waals surface area contributed by atoms with E-state index in [0.29, 0.717) is 5.75 Å². The van der Waals surface area contributed by atoms with E-state index in [1.165, 1.54) is 27.8 Å². The quantitative estimate of drug-likeness (QED) is 0.701. The van der Waals surface area contributed by atoms with Gasteiger partial charge in [0.25, 0.3) is 0 Å². The van der Waals surface area contributed by atoms with Crippen molar-refractivity contribution in [3.63, 3.8) is 0 Å². The predicted molar refractivity (Wildman–Crippen MR) is 102 cm³/mol. The van der Waals surface area contributed by atoms with Crippen LogP contribution in [0.25, 0.3) is 11.1 Å². The predicted octanol–water partition coefficient (Wildman–Crippen LogP) is 4.98. The average molecular weight is 337 g/mol. The molecule has 0 amide bonds. The largest absolute Gasteiger partial charge is 0.508 e. The van der Waals surface area contributed by atoms with E-state index < -0.39 is 0 Å². The van der Waals surface area contributed by atoms with Gasteiger partial charge in [-0.25, -0.2) is 0 Å². The molecule has 1 aliphatic rings. The number of aromatic hydroxyl groups is 1. The molecule has 0 spiro atoms. The Bertz CT molecular complexity index is 722. The van der Waals surface area contributed by atoms with Crippen molar-refractivity contribution < 1.29 is 10.2 Å². The van der Waals surface area contributed by atoms with Gasteiger partial charge in [0, 0.05) is 19.0 Å². The van der Waals surface area contributed by atoms with Gasteiger partial charge in [-0.3, -0.25) is 4.98 Å². The fourth-order valence-corrected chi connectivity index (χ4v) is 3.76. The number of aliphatic hydroxyl groups excluding tert-OH is 1. The molecule has 0 bridgehead atoms. The van der Waals surface area contributed by atoms with Gasteiger partial charge < -0.3 is 10.2 Å². The molecule has 3 rings (SSSR count). The molecule has 0 atom stereocenters. The minimum atomic E-state index is 0.283. The molecule has 3 nitrogen and oxygen atoms in total. The van der Waals surface area contributed by atoms with Crippen LogP contribution in [0.1, 0.15) is 61.6 Å². The Hall–Kier alpha value is -2.13. The summed E-state index contributed by atoms with van der Waals surface area (Å²) >= 11 is 0. The topological polar surface area (TPSA) is 53.4 Å². The number of phenols is 1. The molecule has 0 fully saturated rings. The van der Waals surface area contributed by atoms with Gasteiger partial charge in [-0.2, -0.15) is 0 Å². The van der Waals surface area contributed by atoms with E-state index in [9.17, 15) is 5.11 Å². The highest BCUT2D eigenvalue weighted by Crippen LogP contribution is 2.39. The van der Waals surface area contributed by atoms with Gasteiger partial charge >= 0.3 is 0 Å². The second-order valence-electron chi connectivity index (χ2n) is 6.78. The molecule has 3 heteroatoms. The summed E-state index contributed by atoms with van der Waals surface area (Å²) in [5.41, 5.74) is 6.57. The number of aliphatic hydroxyl groups is 1. The van der Waals surface area contributed by atoms with Gasteiger partial charge in [0.05, 0.1) is 0 Å². The van der Waals surface area contributed by atoms with Crippen LogP contribution >= 0.6 is 0 Å². The Labute approximate surface area is 150 Å². The second-order valence-corrected chi connectivity index (χ2v) is 6.78. The minimum absolute atomic E-state index is 0.283. The zero-order valence-corrected chi connectivity index (χ0v) is 14.7. The van der Waals surface area contributed by atoms with Crippen molar-refractivity contribution in [1.82, 2.24) is 4.98 Å². The summed E-state index contributed by atoms with van der Waals surface area (Å²) in [6.07, 6.45) is 12.2. The number of unbranched alkanes of at least 4 members (excludes halogenated alkanes) is 3. The van der Waals surface area contributed by atoms with Gasteiger partial charge in [-0.05, 0) is 84.6 Å². The van der Waals surface area contributed by atoms with E-state index in [1.807, 2.05) is 24.5 Å². The van der Waals surface area contributed by atoms with Gasteiger partial charge in [0.1, 0.15) is 5.75 Å². The van der Waals surface area contributed by atoms with Crippen molar-refractivity contribution in [3.8, 4) is 5.75 Å². The zero-order chi connectivity index (χ0) is 17.5. The van der Waals surface area contributed by atoms with Crippen LogP contribution in [-0.4, -0.2) is 21.8 Å². The van der Waals surface area contributed by atoms with Crippen molar-refractivity contribution in [3.05, 3.63) is 59.4 Å². The van der Waals surface area contributed by atoms with Gasteiger partial charge in [-0.1, -0.05) is 25.0 Å². The summed E-state index contributed by atoms with van der Waals surface area (Å²) in [4.78, 5) is 4.31. The summed E-state index contributed by atoms with van der Waals surface area (Å²) in [7, 11) is 0. The molecule has 25 heavy (non-hydrogen) atoms. The van der Waals surface area contributed by atoms with Gasteiger partial charge in [0.15, 0.2) is 0 Å². The number of aromatic nitrogens is 1. The van der Waals surface area contributed by atoms with Crippen molar-refractivity contribution in [2.75, 3.05) is 6.61 Å². The van der Waals surface area contributed by atoms with E-state index in [1.54, 1.807) is 6.07 Å². The lowest BCUT2D eigenvalue weighted by Crippen LogP contribution is -1.95. The number of benzene rings is 1. The molecular formula is C22H27NO2. The smallest absolute Gasteiger partial charge is 0.115 e. The Morgan fingerprint density at radius 2 is 1.88 bits per heavy atom. The highest BCUT2D eigenvalue weighted by Gasteiger charge is 2.18. The SMILES string of the molecule is OCCCCCCC1=C(c2cccnc2)CCCc2cc(O)ccc21. The van der Waals surface area contributed by atoms with Crippen molar-refractivity contribution in [2.45, 2.75) is 51.4 Å². The molecule has 0 saturated heterocycles. The maximum Gasteiger partial charge on any atom is 0.115 e. The number of hydrogen-bond acceptors (Lipinski definition) is 3. The van der Waals surface area contributed by atoms with Crippen LogP contribution < -0.4 is 0 Å². The molecule has 0 saturated carbocycles. The molecular weight excluding hydrogens is 310 g/mol. The van der Waals surface area contributed by atoms with Crippen LogP contribution in [0.4, 0.5) is 0 Å².